The Hall–Kier alpha value is -3.52. The zero-order valence-corrected chi connectivity index (χ0v) is 16.1. The molecule has 0 bridgehead atoms. The molecule has 4 rings (SSSR count). The van der Waals surface area contributed by atoms with Crippen LogP contribution in [-0.2, 0) is 0 Å². The molecular weight excluding hydrogens is 422 g/mol. The van der Waals surface area contributed by atoms with E-state index in [-0.39, 0.29) is 16.6 Å². The van der Waals surface area contributed by atoms with Gasteiger partial charge in [0.1, 0.15) is 0 Å². The summed E-state index contributed by atoms with van der Waals surface area (Å²) in [6.07, 6.45) is 0. The number of anilines is 3. The van der Waals surface area contributed by atoms with Crippen molar-refractivity contribution in [2.24, 2.45) is 0 Å². The van der Waals surface area contributed by atoms with E-state index in [0.29, 0.717) is 27.8 Å². The van der Waals surface area contributed by atoms with Crippen molar-refractivity contribution >= 4 is 50.2 Å². The van der Waals surface area contributed by atoms with Crippen LogP contribution in [0.4, 0.5) is 23.1 Å². The number of aromatic nitrogens is 2. The molecule has 4 aromatic rings. The third kappa shape index (κ3) is 3.25. The van der Waals surface area contributed by atoms with Crippen molar-refractivity contribution in [1.29, 1.82) is 0 Å². The number of nitro benzene ring substituents is 1. The molecule has 28 heavy (non-hydrogen) atoms. The zero-order valence-electron chi connectivity index (χ0n) is 14.5. The number of benzene rings is 3. The lowest BCUT2D eigenvalue weighted by Crippen LogP contribution is -2.07. The molecular formula is C20H14BrN5O2. The van der Waals surface area contributed by atoms with E-state index >= 15 is 0 Å². The zero-order chi connectivity index (χ0) is 19.7. The van der Waals surface area contributed by atoms with E-state index in [1.165, 1.54) is 6.07 Å². The molecule has 1 heterocycles. The third-order valence-corrected chi connectivity index (χ3v) is 5.02. The predicted octanol–water partition coefficient (Wildman–Crippen LogP) is 5.24. The molecule has 0 aliphatic rings. The Balaban J connectivity index is 1.93. The summed E-state index contributed by atoms with van der Waals surface area (Å²) in [5.41, 5.74) is 8.66. The van der Waals surface area contributed by atoms with Gasteiger partial charge in [0.15, 0.2) is 5.82 Å². The van der Waals surface area contributed by atoms with Gasteiger partial charge in [0.25, 0.3) is 5.69 Å². The summed E-state index contributed by atoms with van der Waals surface area (Å²) in [6, 6.07) is 21.6. The summed E-state index contributed by atoms with van der Waals surface area (Å²) >= 11 is 3.55. The van der Waals surface area contributed by atoms with E-state index in [1.54, 1.807) is 34.3 Å². The summed E-state index contributed by atoms with van der Waals surface area (Å²) in [4.78, 5) is 19.7. The van der Waals surface area contributed by atoms with Gasteiger partial charge in [0, 0.05) is 11.5 Å². The molecule has 0 saturated carbocycles. The van der Waals surface area contributed by atoms with Gasteiger partial charge in [0.05, 0.1) is 37.8 Å². The molecule has 1 aromatic heterocycles. The number of nitrogens with two attached hydrogens (primary N) is 1. The molecule has 0 aliphatic carbocycles. The van der Waals surface area contributed by atoms with Gasteiger partial charge in [-0.15, -0.1) is 0 Å². The molecule has 0 aliphatic heterocycles. The SMILES string of the molecule is Nc1nc(N(Br)c2ccccc2)c2cc(-c3ccccc3[N+](=O)[O-])ccc2n1. The van der Waals surface area contributed by atoms with Gasteiger partial charge in [-0.25, -0.2) is 4.98 Å². The number of nitrogen functional groups attached to an aromatic ring is 1. The number of hydrogen-bond donors (Lipinski definition) is 1. The average molecular weight is 436 g/mol. The smallest absolute Gasteiger partial charge is 0.277 e. The van der Waals surface area contributed by atoms with Crippen LogP contribution in [0.5, 0.6) is 0 Å². The Morgan fingerprint density at radius 2 is 1.68 bits per heavy atom. The van der Waals surface area contributed by atoms with Crippen molar-refractivity contribution in [2.45, 2.75) is 0 Å². The van der Waals surface area contributed by atoms with E-state index in [2.05, 4.69) is 26.1 Å². The fourth-order valence-electron chi connectivity index (χ4n) is 3.01. The highest BCUT2D eigenvalue weighted by atomic mass is 79.9. The van der Waals surface area contributed by atoms with E-state index in [0.717, 1.165) is 5.69 Å². The molecule has 138 valence electrons. The molecule has 0 atom stereocenters. The number of halogens is 1. The molecule has 0 fully saturated rings. The summed E-state index contributed by atoms with van der Waals surface area (Å²) in [7, 11) is 0. The molecule has 0 radical (unpaired) electrons. The van der Waals surface area contributed by atoms with Gasteiger partial charge in [0.2, 0.25) is 5.95 Å². The maximum atomic E-state index is 11.4. The first-order chi connectivity index (χ1) is 13.5. The summed E-state index contributed by atoms with van der Waals surface area (Å²) in [6.45, 7) is 0. The number of rotatable bonds is 4. The molecule has 8 heteroatoms. The Kier molecular flexibility index (Phi) is 4.62. The maximum Gasteiger partial charge on any atom is 0.277 e. The maximum absolute atomic E-state index is 11.4. The van der Waals surface area contributed by atoms with E-state index in [4.69, 9.17) is 5.73 Å². The quantitative estimate of drug-likeness (QED) is 0.267. The van der Waals surface area contributed by atoms with Crippen molar-refractivity contribution in [3.63, 3.8) is 0 Å². The Morgan fingerprint density at radius 1 is 0.964 bits per heavy atom. The minimum absolute atomic E-state index is 0.0403. The first kappa shape index (κ1) is 17.9. The molecule has 0 amide bonds. The van der Waals surface area contributed by atoms with Gasteiger partial charge in [-0.3, -0.25) is 14.0 Å². The molecule has 3 aromatic carbocycles. The van der Waals surface area contributed by atoms with Crippen molar-refractivity contribution in [1.82, 2.24) is 9.97 Å². The third-order valence-electron chi connectivity index (χ3n) is 4.27. The molecule has 0 spiro atoms. The molecule has 0 saturated heterocycles. The Bertz CT molecular complexity index is 1180. The van der Waals surface area contributed by atoms with Gasteiger partial charge in [-0.05, 0) is 35.9 Å². The van der Waals surface area contributed by atoms with Crippen molar-refractivity contribution in [3.8, 4) is 11.1 Å². The minimum Gasteiger partial charge on any atom is -0.368 e. The minimum atomic E-state index is -0.388. The van der Waals surface area contributed by atoms with Crippen LogP contribution in [0.15, 0.2) is 72.8 Å². The lowest BCUT2D eigenvalue weighted by Gasteiger charge is -2.18. The second-order valence-corrected chi connectivity index (χ2v) is 6.74. The lowest BCUT2D eigenvalue weighted by molar-refractivity contribution is -0.384. The first-order valence-corrected chi connectivity index (χ1v) is 9.07. The van der Waals surface area contributed by atoms with Crippen LogP contribution in [0.2, 0.25) is 0 Å². The van der Waals surface area contributed by atoms with E-state index in [1.807, 2.05) is 36.4 Å². The van der Waals surface area contributed by atoms with Crippen LogP contribution in [-0.4, -0.2) is 14.9 Å². The lowest BCUT2D eigenvalue weighted by atomic mass is 10.0. The van der Waals surface area contributed by atoms with Gasteiger partial charge in [-0.1, -0.05) is 36.4 Å². The normalized spacial score (nSPS) is 10.8. The number of nitro groups is 1. The number of hydrogen-bond acceptors (Lipinski definition) is 6. The van der Waals surface area contributed by atoms with E-state index < -0.39 is 0 Å². The highest BCUT2D eigenvalue weighted by molar-refractivity contribution is 9.10. The number of para-hydroxylation sites is 2. The highest BCUT2D eigenvalue weighted by Crippen LogP contribution is 2.37. The highest BCUT2D eigenvalue weighted by Gasteiger charge is 2.18. The van der Waals surface area contributed by atoms with Crippen LogP contribution in [0.1, 0.15) is 0 Å². The number of fused-ring (bicyclic) bond motifs is 1. The predicted molar refractivity (Wildman–Crippen MR) is 114 cm³/mol. The molecule has 0 unspecified atom stereocenters. The van der Waals surface area contributed by atoms with Crippen LogP contribution in [0, 0.1) is 10.1 Å². The Labute approximate surface area is 168 Å². The second-order valence-electron chi connectivity index (χ2n) is 6.03. The topological polar surface area (TPSA) is 98.2 Å². The average Bonchev–Trinajstić information content (AvgIpc) is 2.73. The first-order valence-electron chi connectivity index (χ1n) is 8.36. The Morgan fingerprint density at radius 3 is 2.43 bits per heavy atom. The number of nitrogens with zero attached hydrogens (tertiary/aromatic N) is 4. The molecule has 2 N–H and O–H groups in total. The van der Waals surface area contributed by atoms with Crippen molar-refractivity contribution in [3.05, 3.63) is 82.9 Å². The van der Waals surface area contributed by atoms with Crippen molar-refractivity contribution < 1.29 is 4.92 Å². The van der Waals surface area contributed by atoms with Crippen molar-refractivity contribution in [2.75, 3.05) is 9.66 Å². The van der Waals surface area contributed by atoms with Gasteiger partial charge >= 0.3 is 0 Å². The van der Waals surface area contributed by atoms with Crippen LogP contribution < -0.4 is 9.66 Å². The standard InChI is InChI=1S/C20H14BrN5O2/c21-25(14-6-2-1-3-7-14)19-16-12-13(10-11-17(16)23-20(22)24-19)15-8-4-5-9-18(15)26(27)28/h1-12H,(H2,22,23,24). The summed E-state index contributed by atoms with van der Waals surface area (Å²) < 4.78 is 1.73. The summed E-state index contributed by atoms with van der Waals surface area (Å²) in [5.74, 6) is 0.690. The fraction of sp³-hybridized carbons (Fsp3) is 0. The van der Waals surface area contributed by atoms with Crippen LogP contribution in [0.25, 0.3) is 22.0 Å². The van der Waals surface area contributed by atoms with Crippen LogP contribution >= 0.6 is 16.1 Å². The van der Waals surface area contributed by atoms with Gasteiger partial charge in [-0.2, -0.15) is 4.98 Å². The van der Waals surface area contributed by atoms with Crippen LogP contribution in [0.3, 0.4) is 0 Å². The second kappa shape index (κ2) is 7.24. The molecule has 7 nitrogen and oxygen atoms in total. The van der Waals surface area contributed by atoms with E-state index in [9.17, 15) is 10.1 Å². The monoisotopic (exact) mass is 435 g/mol. The van der Waals surface area contributed by atoms with Gasteiger partial charge < -0.3 is 5.73 Å². The largest absolute Gasteiger partial charge is 0.368 e. The fourth-order valence-corrected chi connectivity index (χ4v) is 3.51. The summed E-state index contributed by atoms with van der Waals surface area (Å²) in [5, 5.41) is 12.1.